The third kappa shape index (κ3) is 5.85. The number of rotatable bonds is 8. The number of nitrogens with one attached hydrogen (secondary N) is 2. The number of hydrogen-bond acceptors (Lipinski definition) is 2. The van der Waals surface area contributed by atoms with Crippen LogP contribution >= 0.6 is 0 Å². The van der Waals surface area contributed by atoms with E-state index in [1.165, 1.54) is 12.1 Å². The summed E-state index contributed by atoms with van der Waals surface area (Å²) < 4.78 is 18.5. The van der Waals surface area contributed by atoms with Crippen molar-refractivity contribution < 1.29 is 18.8 Å². The highest BCUT2D eigenvalue weighted by molar-refractivity contribution is 5.91. The third-order valence-corrected chi connectivity index (χ3v) is 3.37. The highest BCUT2D eigenvalue weighted by atomic mass is 19.1. The molecule has 1 unspecified atom stereocenters. The molecule has 0 fully saturated rings. The van der Waals surface area contributed by atoms with Gasteiger partial charge in [0.1, 0.15) is 24.7 Å². The molecule has 0 aliphatic heterocycles. The number of quaternary nitrogens is 1. The molecule has 2 aromatic rings. The first kappa shape index (κ1) is 17.7. The average Bonchev–Trinajstić information content (AvgIpc) is 2.54. The van der Waals surface area contributed by atoms with Crippen LogP contribution in [-0.4, -0.2) is 26.1 Å². The van der Waals surface area contributed by atoms with Gasteiger partial charge in [-0.1, -0.05) is 18.7 Å². The fourth-order valence-corrected chi connectivity index (χ4v) is 2.32. The Balaban J connectivity index is 1.82. The van der Waals surface area contributed by atoms with Crippen molar-refractivity contribution in [2.75, 3.05) is 25.5 Å². The number of hydrogen-bond donors (Lipinski definition) is 2. The summed E-state index contributed by atoms with van der Waals surface area (Å²) >= 11 is 0. The van der Waals surface area contributed by atoms with Gasteiger partial charge in [-0.05, 0) is 42.5 Å². The van der Waals surface area contributed by atoms with Gasteiger partial charge in [0.25, 0.3) is 5.91 Å². The molecule has 24 heavy (non-hydrogen) atoms. The van der Waals surface area contributed by atoms with Gasteiger partial charge >= 0.3 is 0 Å². The Morgan fingerprint density at radius 2 is 2.04 bits per heavy atom. The molecule has 0 aliphatic carbocycles. The number of likely N-dealkylation sites (N-methyl/N-ethyl adjacent to an activating group) is 1. The number of carbonyl (C=O) groups is 1. The van der Waals surface area contributed by atoms with Crippen LogP contribution in [-0.2, 0) is 11.3 Å². The SMILES string of the molecule is C=CCOc1ccc(C[NH+](C)CC(=O)Nc2cccc(F)c2)cc1. The lowest BCUT2D eigenvalue weighted by molar-refractivity contribution is -0.885. The molecular formula is C19H22FN2O2+. The van der Waals surface area contributed by atoms with Gasteiger partial charge in [-0.2, -0.15) is 0 Å². The van der Waals surface area contributed by atoms with Crippen LogP contribution in [0.4, 0.5) is 10.1 Å². The van der Waals surface area contributed by atoms with Crippen LogP contribution in [0.1, 0.15) is 5.56 Å². The maximum atomic E-state index is 13.1. The van der Waals surface area contributed by atoms with Crippen molar-refractivity contribution >= 4 is 11.6 Å². The van der Waals surface area contributed by atoms with E-state index < -0.39 is 0 Å². The van der Waals surface area contributed by atoms with E-state index in [0.29, 0.717) is 25.4 Å². The normalized spacial score (nSPS) is 11.6. The first-order chi connectivity index (χ1) is 11.6. The Kier molecular flexibility index (Phi) is 6.51. The van der Waals surface area contributed by atoms with Crippen molar-refractivity contribution in [1.82, 2.24) is 0 Å². The number of benzene rings is 2. The fraction of sp³-hybridized carbons (Fsp3) is 0.211. The summed E-state index contributed by atoms with van der Waals surface area (Å²) in [6.45, 7) is 5.09. The van der Waals surface area contributed by atoms with E-state index in [1.54, 1.807) is 18.2 Å². The molecule has 2 N–H and O–H groups in total. The Hall–Kier alpha value is -2.66. The zero-order valence-corrected chi connectivity index (χ0v) is 13.7. The van der Waals surface area contributed by atoms with Crippen LogP contribution in [0.2, 0.25) is 0 Å². The van der Waals surface area contributed by atoms with Crippen LogP contribution in [0.15, 0.2) is 61.2 Å². The Bertz CT molecular complexity index is 686. The Morgan fingerprint density at radius 3 is 2.71 bits per heavy atom. The van der Waals surface area contributed by atoms with E-state index in [2.05, 4.69) is 11.9 Å². The molecule has 126 valence electrons. The minimum Gasteiger partial charge on any atom is -0.490 e. The molecule has 4 nitrogen and oxygen atoms in total. The van der Waals surface area contributed by atoms with Crippen molar-refractivity contribution in [2.24, 2.45) is 0 Å². The van der Waals surface area contributed by atoms with Crippen LogP contribution in [0.3, 0.4) is 0 Å². The van der Waals surface area contributed by atoms with Gasteiger partial charge in [0.05, 0.1) is 7.05 Å². The molecule has 0 aliphatic rings. The molecule has 2 rings (SSSR count). The molecular weight excluding hydrogens is 307 g/mol. The van der Waals surface area contributed by atoms with Crippen molar-refractivity contribution in [2.45, 2.75) is 6.54 Å². The van der Waals surface area contributed by atoms with E-state index >= 15 is 0 Å². The molecule has 0 radical (unpaired) electrons. The summed E-state index contributed by atoms with van der Waals surface area (Å²) in [5, 5.41) is 2.70. The van der Waals surface area contributed by atoms with Crippen molar-refractivity contribution in [3.8, 4) is 5.75 Å². The summed E-state index contributed by atoms with van der Waals surface area (Å²) in [6.07, 6.45) is 1.70. The van der Waals surface area contributed by atoms with Gasteiger partial charge in [0.15, 0.2) is 6.54 Å². The molecule has 0 aromatic heterocycles. The monoisotopic (exact) mass is 329 g/mol. The first-order valence-electron chi connectivity index (χ1n) is 7.76. The summed E-state index contributed by atoms with van der Waals surface area (Å²) in [7, 11) is 1.94. The maximum absolute atomic E-state index is 13.1. The smallest absolute Gasteiger partial charge is 0.279 e. The summed E-state index contributed by atoms with van der Waals surface area (Å²) in [4.78, 5) is 13.0. The van der Waals surface area contributed by atoms with Crippen molar-refractivity contribution in [1.29, 1.82) is 0 Å². The molecule has 0 spiro atoms. The lowest BCUT2D eigenvalue weighted by atomic mass is 10.2. The molecule has 0 saturated heterocycles. The second kappa shape index (κ2) is 8.84. The molecule has 0 saturated carbocycles. The van der Waals surface area contributed by atoms with Gasteiger partial charge < -0.3 is 15.0 Å². The van der Waals surface area contributed by atoms with Gasteiger partial charge in [-0.25, -0.2) is 4.39 Å². The molecule has 5 heteroatoms. The standard InChI is InChI=1S/C19H21FN2O2/c1-3-11-24-18-9-7-15(8-10-18)13-22(2)14-19(23)21-17-6-4-5-16(20)12-17/h3-10,12H,1,11,13-14H2,2H3,(H,21,23)/p+1. The van der Waals surface area contributed by atoms with Crippen molar-refractivity contribution in [3.63, 3.8) is 0 Å². The second-order valence-corrected chi connectivity index (χ2v) is 5.61. The van der Waals surface area contributed by atoms with Crippen LogP contribution in [0, 0.1) is 5.82 Å². The summed E-state index contributed by atoms with van der Waals surface area (Å²) in [5.74, 6) is 0.274. The van der Waals surface area contributed by atoms with E-state index in [4.69, 9.17) is 4.74 Å². The first-order valence-corrected chi connectivity index (χ1v) is 7.76. The number of amides is 1. The molecule has 1 atom stereocenters. The number of ether oxygens (including phenoxy) is 1. The van der Waals surface area contributed by atoms with E-state index in [1.807, 2.05) is 31.3 Å². The Labute approximate surface area is 141 Å². The molecule has 0 bridgehead atoms. The minimum absolute atomic E-state index is 0.149. The van der Waals surface area contributed by atoms with Crippen LogP contribution in [0.5, 0.6) is 5.75 Å². The zero-order valence-electron chi connectivity index (χ0n) is 13.7. The number of anilines is 1. The zero-order chi connectivity index (χ0) is 17.4. The summed E-state index contributed by atoms with van der Waals surface area (Å²) in [6, 6.07) is 13.6. The molecule has 2 aromatic carbocycles. The Morgan fingerprint density at radius 1 is 1.29 bits per heavy atom. The largest absolute Gasteiger partial charge is 0.490 e. The molecule has 1 amide bonds. The van der Waals surface area contributed by atoms with Gasteiger partial charge in [0.2, 0.25) is 0 Å². The quantitative estimate of drug-likeness (QED) is 0.728. The van der Waals surface area contributed by atoms with Gasteiger partial charge in [-0.15, -0.1) is 0 Å². The van der Waals surface area contributed by atoms with Crippen LogP contribution in [0.25, 0.3) is 0 Å². The van der Waals surface area contributed by atoms with Gasteiger partial charge in [0, 0.05) is 11.3 Å². The van der Waals surface area contributed by atoms with E-state index in [-0.39, 0.29) is 11.7 Å². The van der Waals surface area contributed by atoms with Crippen LogP contribution < -0.4 is 15.0 Å². The number of halogens is 1. The predicted molar refractivity (Wildman–Crippen MR) is 92.6 cm³/mol. The summed E-state index contributed by atoms with van der Waals surface area (Å²) in [5.41, 5.74) is 1.58. The lowest BCUT2D eigenvalue weighted by Crippen LogP contribution is -3.08. The second-order valence-electron chi connectivity index (χ2n) is 5.61. The number of carbonyl (C=O) groups excluding carboxylic acids is 1. The van der Waals surface area contributed by atoms with E-state index in [0.717, 1.165) is 16.2 Å². The fourth-order valence-electron chi connectivity index (χ4n) is 2.32. The van der Waals surface area contributed by atoms with Gasteiger partial charge in [-0.3, -0.25) is 4.79 Å². The topological polar surface area (TPSA) is 42.8 Å². The predicted octanol–water partition coefficient (Wildman–Crippen LogP) is 2.04. The molecule has 0 heterocycles. The minimum atomic E-state index is -0.368. The lowest BCUT2D eigenvalue weighted by Gasteiger charge is -2.14. The highest BCUT2D eigenvalue weighted by Crippen LogP contribution is 2.11. The van der Waals surface area contributed by atoms with E-state index in [9.17, 15) is 9.18 Å². The van der Waals surface area contributed by atoms with Crippen molar-refractivity contribution in [3.05, 3.63) is 72.6 Å². The third-order valence-electron chi connectivity index (χ3n) is 3.37. The highest BCUT2D eigenvalue weighted by Gasteiger charge is 2.11. The average molecular weight is 329 g/mol. The maximum Gasteiger partial charge on any atom is 0.279 e.